The van der Waals surface area contributed by atoms with Crippen LogP contribution in [0.3, 0.4) is 0 Å². The van der Waals surface area contributed by atoms with E-state index >= 15 is 0 Å². The smallest absolute Gasteiger partial charge is 0.161 e. The fourth-order valence-corrected chi connectivity index (χ4v) is 13.7. The van der Waals surface area contributed by atoms with E-state index < -0.39 is 10.8 Å². The van der Waals surface area contributed by atoms with Gasteiger partial charge >= 0.3 is 0 Å². The molecule has 0 N–H and O–H groups in total. The number of rotatable bonds is 4. The zero-order valence-corrected chi connectivity index (χ0v) is 39.6. The van der Waals surface area contributed by atoms with Gasteiger partial charge in [0, 0.05) is 27.5 Å². The third-order valence-electron chi connectivity index (χ3n) is 16.4. The van der Waals surface area contributed by atoms with Crippen LogP contribution in [0.5, 0.6) is 0 Å². The first-order valence-corrected chi connectivity index (χ1v) is 25.2. The Labute approximate surface area is 422 Å². The first-order chi connectivity index (χ1) is 36.2. The molecule has 338 valence electrons. The van der Waals surface area contributed by atoms with Gasteiger partial charge in [-0.2, -0.15) is 0 Å². The highest BCUT2D eigenvalue weighted by Gasteiger charge is 2.59. The maximum atomic E-state index is 6.87. The molecule has 0 saturated carbocycles. The molecular weight excluding hydrogens is 885 g/mol. The predicted octanol–water partition coefficient (Wildman–Crippen LogP) is 17.2. The van der Waals surface area contributed by atoms with Gasteiger partial charge in [-0.05, 0) is 107 Å². The molecule has 0 radical (unpaired) electrons. The van der Waals surface area contributed by atoms with Crippen molar-refractivity contribution in [2.24, 2.45) is 0 Å². The van der Waals surface area contributed by atoms with E-state index in [1.165, 1.54) is 66.8 Å². The lowest BCUT2D eigenvalue weighted by molar-refractivity contribution is 0.634. The van der Waals surface area contributed by atoms with Gasteiger partial charge in [0.15, 0.2) is 5.82 Å². The topological polar surface area (TPSA) is 38.9 Å². The molecule has 3 aliphatic carbocycles. The van der Waals surface area contributed by atoms with Gasteiger partial charge in [-0.3, -0.25) is 0 Å². The number of furan rings is 1. The van der Waals surface area contributed by atoms with Crippen LogP contribution in [-0.4, -0.2) is 9.97 Å². The molecule has 11 aromatic carbocycles. The zero-order chi connectivity index (χ0) is 47.8. The maximum absolute atomic E-state index is 6.87. The van der Waals surface area contributed by atoms with Crippen LogP contribution in [0.4, 0.5) is 0 Å². The fraction of sp³-hybridized carbons (Fsp3) is 0.0286. The number of nitrogens with zero attached hydrogens (tertiary/aromatic N) is 2. The van der Waals surface area contributed by atoms with E-state index in [1.807, 2.05) is 0 Å². The van der Waals surface area contributed by atoms with Crippen molar-refractivity contribution >= 4 is 32.7 Å². The van der Waals surface area contributed by atoms with Gasteiger partial charge in [0.1, 0.15) is 11.2 Å². The first-order valence-electron chi connectivity index (χ1n) is 25.2. The minimum atomic E-state index is -0.746. The van der Waals surface area contributed by atoms with E-state index in [1.54, 1.807) is 0 Å². The second-order valence-electron chi connectivity index (χ2n) is 19.8. The van der Waals surface area contributed by atoms with Crippen molar-refractivity contribution in [3.05, 3.63) is 299 Å². The van der Waals surface area contributed by atoms with Crippen LogP contribution in [0.2, 0.25) is 0 Å². The lowest BCUT2D eigenvalue weighted by Crippen LogP contribution is -2.43. The van der Waals surface area contributed by atoms with Gasteiger partial charge in [0.05, 0.1) is 22.2 Å². The summed E-state index contributed by atoms with van der Waals surface area (Å²) in [6.45, 7) is 0. The second-order valence-corrected chi connectivity index (χ2v) is 19.8. The van der Waals surface area contributed by atoms with Crippen molar-refractivity contribution < 1.29 is 4.42 Å². The predicted molar refractivity (Wildman–Crippen MR) is 297 cm³/mol. The summed E-state index contributed by atoms with van der Waals surface area (Å²) < 4.78 is 6.87. The third kappa shape index (κ3) is 5.27. The van der Waals surface area contributed by atoms with Crippen molar-refractivity contribution in [1.29, 1.82) is 0 Å². The fourth-order valence-electron chi connectivity index (χ4n) is 13.7. The molecule has 2 spiro atoms. The Morgan fingerprint density at radius 1 is 0.301 bits per heavy atom. The largest absolute Gasteiger partial charge is 0.456 e. The normalized spacial score (nSPS) is 14.0. The molecule has 2 heterocycles. The summed E-state index contributed by atoms with van der Waals surface area (Å²) in [7, 11) is 0. The summed E-state index contributed by atoms with van der Waals surface area (Å²) in [4.78, 5) is 10.9. The maximum Gasteiger partial charge on any atom is 0.161 e. The van der Waals surface area contributed by atoms with Crippen molar-refractivity contribution in [1.82, 2.24) is 9.97 Å². The van der Waals surface area contributed by atoms with E-state index in [4.69, 9.17) is 14.4 Å². The Balaban J connectivity index is 1.02. The number of aromatic nitrogens is 2. The Kier molecular flexibility index (Phi) is 8.30. The molecule has 0 atom stereocenters. The van der Waals surface area contributed by atoms with E-state index in [9.17, 15) is 0 Å². The molecule has 3 nitrogen and oxygen atoms in total. The van der Waals surface area contributed by atoms with Gasteiger partial charge in [-0.25, -0.2) is 9.97 Å². The van der Waals surface area contributed by atoms with Gasteiger partial charge in [0.2, 0.25) is 0 Å². The van der Waals surface area contributed by atoms with Crippen molar-refractivity contribution in [2.75, 3.05) is 0 Å². The highest BCUT2D eigenvalue weighted by molar-refractivity contribution is 6.14. The summed E-state index contributed by atoms with van der Waals surface area (Å²) in [5.41, 5.74) is 22.9. The summed E-state index contributed by atoms with van der Waals surface area (Å²) in [6, 6.07) is 93.5. The molecule has 0 unspecified atom stereocenters. The summed E-state index contributed by atoms with van der Waals surface area (Å²) in [6.07, 6.45) is 0. The molecule has 16 rings (SSSR count). The van der Waals surface area contributed by atoms with Gasteiger partial charge in [-0.15, -0.1) is 0 Å². The molecule has 13 aromatic rings. The van der Waals surface area contributed by atoms with Gasteiger partial charge in [-0.1, -0.05) is 237 Å². The van der Waals surface area contributed by atoms with Crippen LogP contribution >= 0.6 is 0 Å². The van der Waals surface area contributed by atoms with Gasteiger partial charge < -0.3 is 4.42 Å². The zero-order valence-electron chi connectivity index (χ0n) is 39.6. The third-order valence-corrected chi connectivity index (χ3v) is 16.4. The Bertz CT molecular complexity index is 4370. The first kappa shape index (κ1) is 40.3. The minimum absolute atomic E-state index is 0.559. The second kappa shape index (κ2) is 15.0. The van der Waals surface area contributed by atoms with Crippen molar-refractivity contribution in [3.63, 3.8) is 0 Å². The van der Waals surface area contributed by atoms with Crippen molar-refractivity contribution in [3.8, 4) is 67.3 Å². The van der Waals surface area contributed by atoms with Crippen LogP contribution in [0.1, 0.15) is 44.5 Å². The highest BCUT2D eigenvalue weighted by Crippen LogP contribution is 2.69. The molecule has 0 amide bonds. The Hall–Kier alpha value is -9.44. The van der Waals surface area contributed by atoms with Crippen LogP contribution < -0.4 is 0 Å². The summed E-state index contributed by atoms with van der Waals surface area (Å²) in [5.74, 6) is 0.694. The van der Waals surface area contributed by atoms with E-state index in [0.717, 1.165) is 71.9 Å². The molecule has 3 heteroatoms. The van der Waals surface area contributed by atoms with Crippen molar-refractivity contribution in [2.45, 2.75) is 10.8 Å². The summed E-state index contributed by atoms with van der Waals surface area (Å²) in [5, 5.41) is 4.54. The van der Waals surface area contributed by atoms with E-state index in [-0.39, 0.29) is 0 Å². The lowest BCUT2D eigenvalue weighted by atomic mass is 9.52. The average Bonchev–Trinajstić information content (AvgIpc) is 4.23. The molecule has 0 aliphatic heterocycles. The van der Waals surface area contributed by atoms with Crippen LogP contribution in [0.25, 0.3) is 100.0 Å². The van der Waals surface area contributed by atoms with E-state index in [0.29, 0.717) is 5.82 Å². The molecule has 0 saturated heterocycles. The van der Waals surface area contributed by atoms with Crippen LogP contribution in [-0.2, 0) is 10.8 Å². The van der Waals surface area contributed by atoms with E-state index in [2.05, 4.69) is 255 Å². The molecule has 2 aromatic heterocycles. The number of benzene rings is 11. The standard InChI is InChI=1S/C70H42N2O/c1-2-21-44(22-3-1)61-42-62(72-68(71-61)51-31-18-23-43-20-4-5-24-45(43)51)49-28-7-6-25-46(49)50-30-19-38-60-65(50)53-40-41-64-66(52-29-10-17-39-63(52)73-64)67(53)70(60)58-36-15-13-34-56(58)69(57-35-14-16-37-59(57)70)54-32-11-8-26-47(54)48-27-9-12-33-55(48)69/h1-42H. The number of hydrogen-bond acceptors (Lipinski definition) is 3. The van der Waals surface area contributed by atoms with Crippen LogP contribution in [0.15, 0.2) is 259 Å². The quantitative estimate of drug-likeness (QED) is 0.177. The molecule has 0 bridgehead atoms. The summed E-state index contributed by atoms with van der Waals surface area (Å²) >= 11 is 0. The average molecular weight is 927 g/mol. The molecule has 3 aliphatic rings. The molecule has 73 heavy (non-hydrogen) atoms. The molecular formula is C70H42N2O. The van der Waals surface area contributed by atoms with Gasteiger partial charge in [0.25, 0.3) is 0 Å². The lowest BCUT2D eigenvalue weighted by Gasteiger charge is -2.49. The number of hydrogen-bond donors (Lipinski definition) is 0. The number of fused-ring (bicyclic) bond motifs is 21. The monoisotopic (exact) mass is 926 g/mol. The van der Waals surface area contributed by atoms with Crippen LogP contribution in [0, 0.1) is 0 Å². The number of para-hydroxylation sites is 1. The Morgan fingerprint density at radius 3 is 1.53 bits per heavy atom. The molecule has 0 fully saturated rings. The highest BCUT2D eigenvalue weighted by atomic mass is 16.3. The SMILES string of the molecule is c1ccc(-c2cc(-c3ccccc3-c3cccc4c3-c3ccc5oc6ccccc6c5c3C43c4ccccc4C4(c5ccccc5-c5ccccc54)c4ccccc43)nc(-c3cccc4ccccc34)n2)cc1. The minimum Gasteiger partial charge on any atom is -0.456 e. The Morgan fingerprint density at radius 2 is 0.808 bits per heavy atom.